The number of ether oxygens (including phenoxy) is 1. The van der Waals surface area contributed by atoms with Crippen molar-refractivity contribution in [2.24, 2.45) is 0 Å². The van der Waals surface area contributed by atoms with Gasteiger partial charge in [-0.25, -0.2) is 0 Å². The summed E-state index contributed by atoms with van der Waals surface area (Å²) in [6.07, 6.45) is 9.84. The van der Waals surface area contributed by atoms with Crippen molar-refractivity contribution in [3.63, 3.8) is 0 Å². The van der Waals surface area contributed by atoms with Gasteiger partial charge in [0.25, 0.3) is 5.91 Å². The average Bonchev–Trinajstić information content (AvgIpc) is 2.80. The smallest absolute Gasteiger partial charge is 0.258 e. The first-order chi connectivity index (χ1) is 14.7. The summed E-state index contributed by atoms with van der Waals surface area (Å²) in [5.74, 6) is 0.0417. The molecule has 0 fully saturated rings. The third-order valence-electron chi connectivity index (χ3n) is 4.09. The molecule has 0 aliphatic carbocycles. The fourth-order valence-electron chi connectivity index (χ4n) is 2.56. The van der Waals surface area contributed by atoms with Gasteiger partial charge in [0.1, 0.15) is 5.75 Å². The van der Waals surface area contributed by atoms with Gasteiger partial charge in [-0.2, -0.15) is 0 Å². The Balaban J connectivity index is 1.49. The van der Waals surface area contributed by atoms with Crippen LogP contribution in [0.4, 0.5) is 0 Å². The number of hydrogen-bond donors (Lipinski definition) is 2. The number of carbonyl (C=O) groups excluding carboxylic acids is 2. The predicted molar refractivity (Wildman–Crippen MR) is 113 cm³/mol. The van der Waals surface area contributed by atoms with Gasteiger partial charge >= 0.3 is 0 Å². The number of pyridine rings is 2. The molecule has 2 heterocycles. The van der Waals surface area contributed by atoms with E-state index in [4.69, 9.17) is 4.74 Å². The number of benzene rings is 1. The van der Waals surface area contributed by atoms with E-state index in [0.717, 1.165) is 11.1 Å². The van der Waals surface area contributed by atoms with Gasteiger partial charge < -0.3 is 15.4 Å². The Morgan fingerprint density at radius 3 is 2.20 bits per heavy atom. The lowest BCUT2D eigenvalue weighted by atomic mass is 10.2. The van der Waals surface area contributed by atoms with Crippen LogP contribution < -0.4 is 15.4 Å². The van der Waals surface area contributed by atoms with Crippen LogP contribution in [0.5, 0.6) is 5.75 Å². The maximum absolute atomic E-state index is 12.1. The second kappa shape index (κ2) is 11.1. The average molecular weight is 402 g/mol. The molecule has 0 spiro atoms. The molecule has 0 atom stereocenters. The number of carbonyl (C=O) groups is 2. The lowest BCUT2D eigenvalue weighted by Crippen LogP contribution is -2.28. The van der Waals surface area contributed by atoms with Crippen molar-refractivity contribution in [1.82, 2.24) is 20.6 Å². The first kappa shape index (κ1) is 20.7. The Labute approximate surface area is 174 Å². The summed E-state index contributed by atoms with van der Waals surface area (Å²) < 4.78 is 5.63. The van der Waals surface area contributed by atoms with Crippen LogP contribution in [0.15, 0.2) is 79.4 Å². The van der Waals surface area contributed by atoms with Gasteiger partial charge in [-0.15, -0.1) is 0 Å². The second-order valence-corrected chi connectivity index (χ2v) is 6.38. The quantitative estimate of drug-likeness (QED) is 0.537. The van der Waals surface area contributed by atoms with E-state index in [1.807, 2.05) is 42.5 Å². The SMILES string of the molecule is O=C(C=Cc1ccccc1OCC(=O)NCc1cccnc1)NCc1cccnc1. The van der Waals surface area contributed by atoms with Crippen molar-refractivity contribution in [2.75, 3.05) is 6.61 Å². The molecule has 2 aromatic heterocycles. The lowest BCUT2D eigenvalue weighted by molar-refractivity contribution is -0.123. The second-order valence-electron chi connectivity index (χ2n) is 6.38. The summed E-state index contributed by atoms with van der Waals surface area (Å²) in [5, 5.41) is 5.58. The lowest BCUT2D eigenvalue weighted by Gasteiger charge is -2.10. The van der Waals surface area contributed by atoms with Crippen LogP contribution in [0.1, 0.15) is 16.7 Å². The fourth-order valence-corrected chi connectivity index (χ4v) is 2.56. The van der Waals surface area contributed by atoms with Crippen molar-refractivity contribution in [2.45, 2.75) is 13.1 Å². The molecule has 0 saturated heterocycles. The highest BCUT2D eigenvalue weighted by atomic mass is 16.5. The molecule has 30 heavy (non-hydrogen) atoms. The van der Waals surface area contributed by atoms with Crippen molar-refractivity contribution in [1.29, 1.82) is 0 Å². The number of amides is 2. The molecule has 0 radical (unpaired) electrons. The molecule has 7 heteroatoms. The van der Waals surface area contributed by atoms with Crippen LogP contribution in [0.2, 0.25) is 0 Å². The number of nitrogens with zero attached hydrogens (tertiary/aromatic N) is 2. The van der Waals surface area contributed by atoms with Crippen molar-refractivity contribution in [3.8, 4) is 5.75 Å². The summed E-state index contributed by atoms with van der Waals surface area (Å²) in [5.41, 5.74) is 2.53. The summed E-state index contributed by atoms with van der Waals surface area (Å²) in [4.78, 5) is 32.1. The van der Waals surface area contributed by atoms with E-state index in [2.05, 4.69) is 20.6 Å². The molecular formula is C23H22N4O3. The highest BCUT2D eigenvalue weighted by Crippen LogP contribution is 2.19. The van der Waals surface area contributed by atoms with Gasteiger partial charge in [0.05, 0.1) is 0 Å². The van der Waals surface area contributed by atoms with Crippen molar-refractivity contribution in [3.05, 3.63) is 96.1 Å². The van der Waals surface area contributed by atoms with Crippen LogP contribution in [0.3, 0.4) is 0 Å². The van der Waals surface area contributed by atoms with E-state index >= 15 is 0 Å². The minimum atomic E-state index is -0.244. The molecule has 0 saturated carbocycles. The number of aromatic nitrogens is 2. The number of para-hydroxylation sites is 1. The zero-order valence-corrected chi connectivity index (χ0v) is 16.3. The molecule has 0 unspecified atom stereocenters. The molecule has 152 valence electrons. The molecule has 7 nitrogen and oxygen atoms in total. The summed E-state index contributed by atoms with van der Waals surface area (Å²) >= 11 is 0. The Hall–Kier alpha value is -4.00. The Bertz CT molecular complexity index is 992. The molecule has 0 aliphatic rings. The van der Waals surface area contributed by atoms with Crippen LogP contribution >= 0.6 is 0 Å². The zero-order chi connectivity index (χ0) is 21.0. The fraction of sp³-hybridized carbons (Fsp3) is 0.130. The summed E-state index contributed by atoms with van der Waals surface area (Å²) in [7, 11) is 0. The van der Waals surface area contributed by atoms with E-state index in [-0.39, 0.29) is 18.4 Å². The minimum Gasteiger partial charge on any atom is -0.483 e. The third kappa shape index (κ3) is 6.87. The topological polar surface area (TPSA) is 93.2 Å². The van der Waals surface area contributed by atoms with Crippen molar-refractivity contribution < 1.29 is 14.3 Å². The Morgan fingerprint density at radius 1 is 0.867 bits per heavy atom. The van der Waals surface area contributed by atoms with Gasteiger partial charge in [0.15, 0.2) is 6.61 Å². The molecule has 3 rings (SSSR count). The maximum atomic E-state index is 12.1. The monoisotopic (exact) mass is 402 g/mol. The molecule has 2 amide bonds. The van der Waals surface area contributed by atoms with Crippen LogP contribution in [-0.2, 0) is 22.7 Å². The van der Waals surface area contributed by atoms with E-state index < -0.39 is 0 Å². The van der Waals surface area contributed by atoms with Gasteiger partial charge in [-0.3, -0.25) is 19.6 Å². The van der Waals surface area contributed by atoms with Crippen LogP contribution in [0, 0.1) is 0 Å². The Kier molecular flexibility index (Phi) is 7.68. The first-order valence-corrected chi connectivity index (χ1v) is 9.43. The molecule has 1 aromatic carbocycles. The maximum Gasteiger partial charge on any atom is 0.258 e. The largest absolute Gasteiger partial charge is 0.483 e. The number of nitrogens with one attached hydrogen (secondary N) is 2. The van der Waals surface area contributed by atoms with E-state index in [0.29, 0.717) is 24.4 Å². The minimum absolute atomic E-state index is 0.127. The van der Waals surface area contributed by atoms with Gasteiger partial charge in [0, 0.05) is 49.5 Å². The van der Waals surface area contributed by atoms with E-state index in [9.17, 15) is 9.59 Å². The van der Waals surface area contributed by atoms with Gasteiger partial charge in [-0.1, -0.05) is 30.3 Å². The highest BCUT2D eigenvalue weighted by molar-refractivity contribution is 5.92. The summed E-state index contributed by atoms with van der Waals surface area (Å²) in [6, 6.07) is 14.6. The Morgan fingerprint density at radius 2 is 1.53 bits per heavy atom. The summed E-state index contributed by atoms with van der Waals surface area (Å²) in [6.45, 7) is 0.652. The molecular weight excluding hydrogens is 380 g/mol. The van der Waals surface area contributed by atoms with Crippen molar-refractivity contribution >= 4 is 17.9 Å². The first-order valence-electron chi connectivity index (χ1n) is 9.43. The van der Waals surface area contributed by atoms with Gasteiger partial charge in [-0.05, 0) is 35.4 Å². The molecule has 0 aliphatic heterocycles. The molecule has 0 bridgehead atoms. The van der Waals surface area contributed by atoms with Crippen LogP contribution in [-0.4, -0.2) is 28.4 Å². The van der Waals surface area contributed by atoms with E-state index in [1.54, 1.807) is 36.9 Å². The number of hydrogen-bond acceptors (Lipinski definition) is 5. The van der Waals surface area contributed by atoms with Crippen LogP contribution in [0.25, 0.3) is 6.08 Å². The molecule has 3 aromatic rings. The normalized spacial score (nSPS) is 10.5. The third-order valence-corrected chi connectivity index (χ3v) is 4.09. The standard InChI is InChI=1S/C23H22N4O3/c28-22(26-15-18-5-3-11-24-13-18)10-9-20-7-1-2-8-21(20)30-17-23(29)27-16-19-6-4-12-25-14-19/h1-14H,15-17H2,(H,26,28)(H,27,29). The van der Waals surface area contributed by atoms with E-state index in [1.165, 1.54) is 6.08 Å². The number of rotatable bonds is 9. The molecule has 2 N–H and O–H groups in total. The zero-order valence-electron chi connectivity index (χ0n) is 16.3. The predicted octanol–water partition coefficient (Wildman–Crippen LogP) is 2.50. The van der Waals surface area contributed by atoms with Gasteiger partial charge in [0.2, 0.25) is 5.91 Å². The highest BCUT2D eigenvalue weighted by Gasteiger charge is 2.06.